The number of nitrogens with one attached hydrogen (secondary N) is 1. The lowest BCUT2D eigenvalue weighted by Crippen LogP contribution is -2.15. The van der Waals surface area contributed by atoms with Gasteiger partial charge in [-0.25, -0.2) is 4.39 Å². The molecule has 0 heterocycles. The van der Waals surface area contributed by atoms with Crippen LogP contribution in [-0.4, -0.2) is 19.7 Å². The first-order valence-corrected chi connectivity index (χ1v) is 3.31. The van der Waals surface area contributed by atoms with E-state index in [1.54, 1.807) is 7.05 Å². The van der Waals surface area contributed by atoms with Crippen molar-refractivity contribution < 1.29 is 9.13 Å². The summed E-state index contributed by atoms with van der Waals surface area (Å²) in [6.07, 6.45) is 0.520. The largest absolute Gasteiger partial charge is 0.492 e. The monoisotopic (exact) mass is 147 g/mol. The average Bonchev–Trinajstić information content (AvgIpc) is 1.86. The maximum absolute atomic E-state index is 11.9. The van der Waals surface area contributed by atoms with Crippen LogP contribution in [0.2, 0.25) is 0 Å². The van der Waals surface area contributed by atoms with Crippen LogP contribution in [0.4, 0.5) is 4.39 Å². The molecule has 0 spiro atoms. The van der Waals surface area contributed by atoms with Gasteiger partial charge in [-0.15, -0.1) is 0 Å². The van der Waals surface area contributed by atoms with E-state index in [1.165, 1.54) is 0 Å². The first-order valence-electron chi connectivity index (χ1n) is 3.31. The minimum atomic E-state index is 0.0374. The van der Waals surface area contributed by atoms with Gasteiger partial charge in [-0.05, 0) is 20.9 Å². The topological polar surface area (TPSA) is 21.3 Å². The minimum absolute atomic E-state index is 0.0374. The van der Waals surface area contributed by atoms with Crippen molar-refractivity contribution in [3.8, 4) is 0 Å². The molecule has 0 aliphatic heterocycles. The SMILES string of the molecule is CNC/C(=C/F)OC(C)C. The lowest BCUT2D eigenvalue weighted by Gasteiger charge is -2.11. The molecule has 60 valence electrons. The summed E-state index contributed by atoms with van der Waals surface area (Å²) in [4.78, 5) is 0. The Kier molecular flexibility index (Phi) is 4.94. The Hall–Kier alpha value is -0.570. The van der Waals surface area contributed by atoms with Crippen LogP contribution in [0.25, 0.3) is 0 Å². The summed E-state index contributed by atoms with van der Waals surface area (Å²) in [6, 6.07) is 0. The zero-order valence-corrected chi connectivity index (χ0v) is 6.65. The summed E-state index contributed by atoms with van der Waals surface area (Å²) in [6.45, 7) is 4.16. The third-order valence-electron chi connectivity index (χ3n) is 0.860. The third-order valence-corrected chi connectivity index (χ3v) is 0.860. The molecule has 0 radical (unpaired) electrons. The summed E-state index contributed by atoms with van der Waals surface area (Å²) in [5.41, 5.74) is 0. The van der Waals surface area contributed by atoms with E-state index < -0.39 is 0 Å². The number of ether oxygens (including phenoxy) is 1. The molecule has 0 saturated carbocycles. The molecular formula is C7H14FNO. The third kappa shape index (κ3) is 4.32. The highest BCUT2D eigenvalue weighted by molar-refractivity contribution is 4.89. The fourth-order valence-corrected chi connectivity index (χ4v) is 0.583. The van der Waals surface area contributed by atoms with Crippen molar-refractivity contribution in [1.82, 2.24) is 5.32 Å². The van der Waals surface area contributed by atoms with Crippen molar-refractivity contribution in [3.63, 3.8) is 0 Å². The molecule has 0 aliphatic rings. The Morgan fingerprint density at radius 2 is 2.30 bits per heavy atom. The number of hydrogen-bond acceptors (Lipinski definition) is 2. The summed E-state index contributed by atoms with van der Waals surface area (Å²) >= 11 is 0. The highest BCUT2D eigenvalue weighted by Crippen LogP contribution is 2.00. The minimum Gasteiger partial charge on any atom is -0.492 e. The lowest BCUT2D eigenvalue weighted by molar-refractivity contribution is 0.139. The van der Waals surface area contributed by atoms with Crippen LogP contribution in [0.15, 0.2) is 12.1 Å². The van der Waals surface area contributed by atoms with Crippen molar-refractivity contribution in [2.24, 2.45) is 0 Å². The number of likely N-dealkylation sites (N-methyl/N-ethyl adjacent to an activating group) is 1. The van der Waals surface area contributed by atoms with Gasteiger partial charge in [0.2, 0.25) is 0 Å². The summed E-state index contributed by atoms with van der Waals surface area (Å²) in [7, 11) is 1.74. The predicted octanol–water partition coefficient (Wildman–Crippen LogP) is 1.44. The normalized spacial score (nSPS) is 12.3. The molecule has 0 unspecified atom stereocenters. The van der Waals surface area contributed by atoms with Crippen LogP contribution < -0.4 is 5.32 Å². The zero-order chi connectivity index (χ0) is 7.98. The Balaban J connectivity index is 3.62. The fraction of sp³-hybridized carbons (Fsp3) is 0.714. The van der Waals surface area contributed by atoms with Gasteiger partial charge in [0.25, 0.3) is 0 Å². The van der Waals surface area contributed by atoms with Crippen LogP contribution in [0.3, 0.4) is 0 Å². The second kappa shape index (κ2) is 5.23. The highest BCUT2D eigenvalue weighted by Gasteiger charge is 1.98. The number of rotatable bonds is 4. The molecule has 0 atom stereocenters. The maximum Gasteiger partial charge on any atom is 0.138 e. The maximum atomic E-state index is 11.9. The molecule has 0 amide bonds. The van der Waals surface area contributed by atoms with Gasteiger partial charge in [-0.3, -0.25) is 0 Å². The van der Waals surface area contributed by atoms with E-state index in [1.807, 2.05) is 13.8 Å². The van der Waals surface area contributed by atoms with E-state index >= 15 is 0 Å². The van der Waals surface area contributed by atoms with Gasteiger partial charge in [0.1, 0.15) is 12.1 Å². The molecule has 10 heavy (non-hydrogen) atoms. The van der Waals surface area contributed by atoms with Gasteiger partial charge in [0, 0.05) is 0 Å². The summed E-state index contributed by atoms with van der Waals surface area (Å²) in [5, 5.41) is 2.79. The van der Waals surface area contributed by atoms with E-state index in [9.17, 15) is 4.39 Å². The molecule has 0 saturated heterocycles. The quantitative estimate of drug-likeness (QED) is 0.607. The number of hydrogen-bond donors (Lipinski definition) is 1. The first-order chi connectivity index (χ1) is 4.70. The Bertz CT molecular complexity index is 112. The van der Waals surface area contributed by atoms with Crippen molar-refractivity contribution in [3.05, 3.63) is 12.1 Å². The molecule has 3 heteroatoms. The van der Waals surface area contributed by atoms with Gasteiger partial charge in [-0.1, -0.05) is 0 Å². The van der Waals surface area contributed by atoms with Crippen LogP contribution in [0, 0.1) is 0 Å². The van der Waals surface area contributed by atoms with Crippen LogP contribution in [0.5, 0.6) is 0 Å². The first kappa shape index (κ1) is 9.43. The van der Waals surface area contributed by atoms with Gasteiger partial charge >= 0.3 is 0 Å². The molecule has 1 N–H and O–H groups in total. The van der Waals surface area contributed by atoms with Crippen LogP contribution in [0.1, 0.15) is 13.8 Å². The van der Waals surface area contributed by atoms with E-state index in [4.69, 9.17) is 4.74 Å². The van der Waals surface area contributed by atoms with Crippen molar-refractivity contribution in [1.29, 1.82) is 0 Å². The molecule has 0 aromatic heterocycles. The van der Waals surface area contributed by atoms with Crippen LogP contribution >= 0.6 is 0 Å². The van der Waals surface area contributed by atoms with E-state index in [2.05, 4.69) is 5.32 Å². The van der Waals surface area contributed by atoms with E-state index in [0.29, 0.717) is 18.6 Å². The summed E-state index contributed by atoms with van der Waals surface area (Å²) < 4.78 is 16.9. The molecule has 0 aromatic rings. The standard InChI is InChI=1S/C7H14FNO/c1-6(2)10-7(4-8)5-9-3/h4,6,9H,5H2,1-3H3/b7-4-. The molecule has 2 nitrogen and oxygen atoms in total. The second-order valence-electron chi connectivity index (χ2n) is 2.27. The Morgan fingerprint density at radius 1 is 1.70 bits per heavy atom. The lowest BCUT2D eigenvalue weighted by atomic mass is 10.4. The molecule has 0 fully saturated rings. The Morgan fingerprint density at radius 3 is 2.60 bits per heavy atom. The van der Waals surface area contributed by atoms with Crippen molar-refractivity contribution in [2.75, 3.05) is 13.6 Å². The van der Waals surface area contributed by atoms with E-state index in [0.717, 1.165) is 0 Å². The average molecular weight is 147 g/mol. The summed E-state index contributed by atoms with van der Waals surface area (Å²) in [5.74, 6) is 0.345. The number of halogens is 1. The van der Waals surface area contributed by atoms with Gasteiger partial charge in [0.05, 0.1) is 12.6 Å². The Labute approximate surface area is 61.1 Å². The van der Waals surface area contributed by atoms with Gasteiger partial charge in [-0.2, -0.15) is 0 Å². The van der Waals surface area contributed by atoms with Crippen LogP contribution in [-0.2, 0) is 4.74 Å². The van der Waals surface area contributed by atoms with Crippen molar-refractivity contribution >= 4 is 0 Å². The fourth-order valence-electron chi connectivity index (χ4n) is 0.583. The molecular weight excluding hydrogens is 133 g/mol. The molecule has 0 aromatic carbocycles. The zero-order valence-electron chi connectivity index (χ0n) is 6.65. The molecule has 0 bridgehead atoms. The van der Waals surface area contributed by atoms with E-state index in [-0.39, 0.29) is 6.10 Å². The van der Waals surface area contributed by atoms with Gasteiger partial charge in [0.15, 0.2) is 0 Å². The predicted molar refractivity (Wildman–Crippen MR) is 39.3 cm³/mol. The van der Waals surface area contributed by atoms with Crippen molar-refractivity contribution in [2.45, 2.75) is 20.0 Å². The molecule has 0 aliphatic carbocycles. The smallest absolute Gasteiger partial charge is 0.138 e. The molecule has 0 rings (SSSR count). The highest BCUT2D eigenvalue weighted by atomic mass is 19.1. The second-order valence-corrected chi connectivity index (χ2v) is 2.27. The van der Waals surface area contributed by atoms with Gasteiger partial charge < -0.3 is 10.1 Å².